The van der Waals surface area contributed by atoms with E-state index in [1.165, 1.54) is 44.3 Å². The largest absolute Gasteiger partial charge is 0.399 e. The molecule has 0 amide bonds. The molecule has 1 atom stereocenters. The Labute approximate surface area is 118 Å². The van der Waals surface area contributed by atoms with E-state index in [0.29, 0.717) is 11.5 Å². The highest BCUT2D eigenvalue weighted by Crippen LogP contribution is 2.40. The van der Waals surface area contributed by atoms with Crippen molar-refractivity contribution in [1.29, 1.82) is 0 Å². The Morgan fingerprint density at radius 2 is 1.84 bits per heavy atom. The molecular formula is C17H28N2. The van der Waals surface area contributed by atoms with Gasteiger partial charge < -0.3 is 5.73 Å². The molecule has 19 heavy (non-hydrogen) atoms. The third-order valence-electron chi connectivity index (χ3n) is 5.30. The SMILES string of the molecule is CCC1(CC)CCN(C(C)c2cccc(N)c2)CC1. The Hall–Kier alpha value is -1.02. The van der Waals surface area contributed by atoms with E-state index in [0.717, 1.165) is 5.69 Å². The quantitative estimate of drug-likeness (QED) is 0.821. The van der Waals surface area contributed by atoms with Gasteiger partial charge in [-0.1, -0.05) is 38.8 Å². The molecule has 2 N–H and O–H groups in total. The monoisotopic (exact) mass is 260 g/mol. The molecule has 1 heterocycles. The highest BCUT2D eigenvalue weighted by atomic mass is 15.2. The molecule has 0 saturated carbocycles. The average Bonchev–Trinajstić information content (AvgIpc) is 2.46. The van der Waals surface area contributed by atoms with Gasteiger partial charge in [0.05, 0.1) is 0 Å². The van der Waals surface area contributed by atoms with Crippen LogP contribution in [0.5, 0.6) is 0 Å². The summed E-state index contributed by atoms with van der Waals surface area (Å²) in [6.07, 6.45) is 5.33. The zero-order valence-electron chi connectivity index (χ0n) is 12.7. The highest BCUT2D eigenvalue weighted by molar-refractivity contribution is 5.41. The van der Waals surface area contributed by atoms with Gasteiger partial charge in [0.2, 0.25) is 0 Å². The van der Waals surface area contributed by atoms with E-state index < -0.39 is 0 Å². The molecule has 0 aromatic heterocycles. The van der Waals surface area contributed by atoms with Gasteiger partial charge in [0.1, 0.15) is 0 Å². The van der Waals surface area contributed by atoms with E-state index in [1.54, 1.807) is 0 Å². The van der Waals surface area contributed by atoms with Crippen molar-refractivity contribution in [3.8, 4) is 0 Å². The molecule has 1 aromatic rings. The van der Waals surface area contributed by atoms with Crippen LogP contribution in [0.15, 0.2) is 24.3 Å². The van der Waals surface area contributed by atoms with E-state index in [9.17, 15) is 0 Å². The Balaban J connectivity index is 2.01. The normalized spacial score (nSPS) is 21.2. The second-order valence-corrected chi connectivity index (χ2v) is 6.09. The molecule has 1 aliphatic heterocycles. The van der Waals surface area contributed by atoms with Gasteiger partial charge in [0.15, 0.2) is 0 Å². The maximum absolute atomic E-state index is 5.89. The van der Waals surface area contributed by atoms with Crippen LogP contribution in [0.2, 0.25) is 0 Å². The first-order valence-electron chi connectivity index (χ1n) is 7.70. The fourth-order valence-electron chi connectivity index (χ4n) is 3.37. The van der Waals surface area contributed by atoms with Crippen molar-refractivity contribution in [1.82, 2.24) is 4.90 Å². The van der Waals surface area contributed by atoms with E-state index in [4.69, 9.17) is 5.73 Å². The number of benzene rings is 1. The van der Waals surface area contributed by atoms with Crippen LogP contribution in [0.4, 0.5) is 5.69 Å². The lowest BCUT2D eigenvalue weighted by Crippen LogP contribution is -2.40. The number of likely N-dealkylation sites (tertiary alicyclic amines) is 1. The van der Waals surface area contributed by atoms with Gasteiger partial charge in [0, 0.05) is 11.7 Å². The molecule has 1 unspecified atom stereocenters. The Morgan fingerprint density at radius 3 is 2.37 bits per heavy atom. The number of rotatable bonds is 4. The van der Waals surface area contributed by atoms with Crippen molar-refractivity contribution in [2.75, 3.05) is 18.8 Å². The molecule has 2 rings (SSSR count). The van der Waals surface area contributed by atoms with E-state index in [1.807, 2.05) is 6.07 Å². The summed E-state index contributed by atoms with van der Waals surface area (Å²) in [6, 6.07) is 8.82. The molecule has 1 aliphatic rings. The number of anilines is 1. The van der Waals surface area contributed by atoms with E-state index in [2.05, 4.69) is 43.9 Å². The van der Waals surface area contributed by atoms with Gasteiger partial charge in [0.25, 0.3) is 0 Å². The summed E-state index contributed by atoms with van der Waals surface area (Å²) in [5.41, 5.74) is 8.72. The highest BCUT2D eigenvalue weighted by Gasteiger charge is 2.32. The molecule has 106 valence electrons. The van der Waals surface area contributed by atoms with Crippen LogP contribution < -0.4 is 5.73 Å². The molecule has 0 radical (unpaired) electrons. The molecule has 1 fully saturated rings. The third kappa shape index (κ3) is 3.11. The standard InChI is InChI=1S/C17H28N2/c1-4-17(5-2)9-11-19(12-10-17)14(3)15-7-6-8-16(18)13-15/h6-8,13-14H,4-5,9-12,18H2,1-3H3. The molecule has 2 nitrogen and oxygen atoms in total. The van der Waals surface area contributed by atoms with Gasteiger partial charge in [-0.3, -0.25) is 4.90 Å². The third-order valence-corrected chi connectivity index (χ3v) is 5.30. The van der Waals surface area contributed by atoms with Crippen molar-refractivity contribution < 1.29 is 0 Å². The summed E-state index contributed by atoms with van der Waals surface area (Å²) in [5, 5.41) is 0. The first-order valence-corrected chi connectivity index (χ1v) is 7.70. The summed E-state index contributed by atoms with van der Waals surface area (Å²) >= 11 is 0. The molecular weight excluding hydrogens is 232 g/mol. The predicted molar refractivity (Wildman–Crippen MR) is 83.1 cm³/mol. The summed E-state index contributed by atoms with van der Waals surface area (Å²) < 4.78 is 0. The van der Waals surface area contributed by atoms with Crippen LogP contribution in [0.3, 0.4) is 0 Å². The van der Waals surface area contributed by atoms with Crippen LogP contribution in [0.25, 0.3) is 0 Å². The van der Waals surface area contributed by atoms with E-state index in [-0.39, 0.29) is 0 Å². The topological polar surface area (TPSA) is 29.3 Å². The van der Waals surface area contributed by atoms with Crippen molar-refractivity contribution in [2.24, 2.45) is 5.41 Å². The molecule has 1 saturated heterocycles. The summed E-state index contributed by atoms with van der Waals surface area (Å²) in [6.45, 7) is 9.44. The predicted octanol–water partition coefficient (Wildman–Crippen LogP) is 4.23. The second-order valence-electron chi connectivity index (χ2n) is 6.09. The van der Waals surface area contributed by atoms with Gasteiger partial charge >= 0.3 is 0 Å². The van der Waals surface area contributed by atoms with Crippen LogP contribution in [-0.4, -0.2) is 18.0 Å². The fourth-order valence-corrected chi connectivity index (χ4v) is 3.37. The first-order chi connectivity index (χ1) is 9.10. The second kappa shape index (κ2) is 5.96. The zero-order valence-corrected chi connectivity index (χ0v) is 12.7. The van der Waals surface area contributed by atoms with Crippen LogP contribution in [0, 0.1) is 5.41 Å². The summed E-state index contributed by atoms with van der Waals surface area (Å²) in [4.78, 5) is 2.61. The Kier molecular flexibility index (Phi) is 4.51. The average molecular weight is 260 g/mol. The minimum absolute atomic E-state index is 0.482. The molecule has 0 spiro atoms. The lowest BCUT2D eigenvalue weighted by molar-refractivity contribution is 0.0710. The molecule has 2 heteroatoms. The Morgan fingerprint density at radius 1 is 1.21 bits per heavy atom. The Bertz CT molecular complexity index is 399. The number of hydrogen-bond acceptors (Lipinski definition) is 2. The molecule has 1 aromatic carbocycles. The minimum atomic E-state index is 0.482. The lowest BCUT2D eigenvalue weighted by Gasteiger charge is -2.43. The van der Waals surface area contributed by atoms with Crippen molar-refractivity contribution in [3.63, 3.8) is 0 Å². The summed E-state index contributed by atoms with van der Waals surface area (Å²) in [7, 11) is 0. The maximum Gasteiger partial charge on any atom is 0.0320 e. The number of nitrogens with zero attached hydrogens (tertiary/aromatic N) is 1. The minimum Gasteiger partial charge on any atom is -0.399 e. The van der Waals surface area contributed by atoms with Gasteiger partial charge in [-0.2, -0.15) is 0 Å². The zero-order chi connectivity index (χ0) is 13.9. The van der Waals surface area contributed by atoms with Crippen LogP contribution in [-0.2, 0) is 0 Å². The van der Waals surface area contributed by atoms with Crippen LogP contribution >= 0.6 is 0 Å². The number of piperidine rings is 1. The van der Waals surface area contributed by atoms with Crippen molar-refractivity contribution in [3.05, 3.63) is 29.8 Å². The number of nitrogens with two attached hydrogens (primary N) is 1. The van der Waals surface area contributed by atoms with Crippen molar-refractivity contribution >= 4 is 5.69 Å². The van der Waals surface area contributed by atoms with Gasteiger partial charge in [-0.05, 0) is 56.0 Å². The lowest BCUT2D eigenvalue weighted by atomic mass is 9.74. The first kappa shape index (κ1) is 14.4. The fraction of sp³-hybridized carbons (Fsp3) is 0.647. The molecule has 0 aliphatic carbocycles. The molecule has 0 bridgehead atoms. The van der Waals surface area contributed by atoms with Crippen molar-refractivity contribution in [2.45, 2.75) is 52.5 Å². The van der Waals surface area contributed by atoms with Gasteiger partial charge in [-0.15, -0.1) is 0 Å². The number of hydrogen-bond donors (Lipinski definition) is 1. The summed E-state index contributed by atoms with van der Waals surface area (Å²) in [5.74, 6) is 0. The van der Waals surface area contributed by atoms with Crippen LogP contribution in [0.1, 0.15) is 58.1 Å². The maximum atomic E-state index is 5.89. The van der Waals surface area contributed by atoms with Gasteiger partial charge in [-0.25, -0.2) is 0 Å². The smallest absolute Gasteiger partial charge is 0.0320 e. The van der Waals surface area contributed by atoms with E-state index >= 15 is 0 Å². The number of nitrogen functional groups attached to an aromatic ring is 1.